The van der Waals surface area contributed by atoms with E-state index in [2.05, 4.69) is 0 Å². The molecule has 0 aliphatic carbocycles. The van der Waals surface area contributed by atoms with Crippen LogP contribution in [0.15, 0.2) is 38.3 Å². The van der Waals surface area contributed by atoms with E-state index in [-0.39, 0.29) is 9.80 Å². The molecule has 0 fully saturated rings. The molecule has 0 amide bonds. The summed E-state index contributed by atoms with van der Waals surface area (Å²) in [7, 11) is -3.71. The van der Waals surface area contributed by atoms with Crippen LogP contribution in [0.5, 0.6) is 0 Å². The highest BCUT2D eigenvalue weighted by molar-refractivity contribution is 8.22. The maximum atomic E-state index is 12.3. The number of nitriles is 1. The highest BCUT2D eigenvalue weighted by Gasteiger charge is 2.24. The number of thioether (sulfide) groups is 2. The largest absolute Gasteiger partial charge is 0.218 e. The Labute approximate surface area is 116 Å². The Morgan fingerprint density at radius 2 is 1.67 bits per heavy atom. The molecule has 0 aliphatic rings. The van der Waals surface area contributed by atoms with Crippen LogP contribution in [0.3, 0.4) is 0 Å². The molecule has 0 bridgehead atoms. The van der Waals surface area contributed by atoms with Crippen LogP contribution in [0.2, 0.25) is 0 Å². The molecule has 1 aromatic carbocycles. The zero-order valence-corrected chi connectivity index (χ0v) is 12.7. The number of benzene rings is 1. The van der Waals surface area contributed by atoms with E-state index >= 15 is 0 Å². The maximum absolute atomic E-state index is 12.3. The summed E-state index contributed by atoms with van der Waals surface area (Å²) < 4.78 is 25.2. The molecule has 6 heteroatoms. The summed E-state index contributed by atoms with van der Waals surface area (Å²) in [5.41, 5.74) is 0.978. The number of sulfone groups is 1. The Morgan fingerprint density at radius 1 is 1.17 bits per heavy atom. The lowest BCUT2D eigenvalue weighted by molar-refractivity contribution is 0.603. The summed E-state index contributed by atoms with van der Waals surface area (Å²) >= 11 is 2.54. The van der Waals surface area contributed by atoms with Crippen LogP contribution in [0.4, 0.5) is 0 Å². The van der Waals surface area contributed by atoms with E-state index in [0.717, 1.165) is 5.56 Å². The first kappa shape index (κ1) is 15.2. The van der Waals surface area contributed by atoms with Gasteiger partial charge in [-0.2, -0.15) is 5.26 Å². The highest BCUT2D eigenvalue weighted by Crippen LogP contribution is 2.32. The third-order valence-electron chi connectivity index (χ3n) is 2.26. The number of allylic oxidation sites excluding steroid dienone is 1. The molecule has 0 aromatic heterocycles. The van der Waals surface area contributed by atoms with Gasteiger partial charge in [0, 0.05) is 0 Å². The molecule has 0 heterocycles. The zero-order chi connectivity index (χ0) is 13.8. The lowest BCUT2D eigenvalue weighted by Crippen LogP contribution is -2.05. The fourth-order valence-electron chi connectivity index (χ4n) is 1.32. The van der Waals surface area contributed by atoms with Gasteiger partial charge in [-0.1, -0.05) is 17.7 Å². The molecule has 1 rings (SSSR count). The summed E-state index contributed by atoms with van der Waals surface area (Å²) in [4.78, 5) is -0.0170. The van der Waals surface area contributed by atoms with Crippen molar-refractivity contribution in [1.82, 2.24) is 0 Å². The van der Waals surface area contributed by atoms with Gasteiger partial charge < -0.3 is 0 Å². The SMILES string of the molecule is CSC(SC)=C(C#N)S(=O)(=O)c1ccc(C)cc1. The molecule has 0 saturated carbocycles. The van der Waals surface area contributed by atoms with Crippen molar-refractivity contribution >= 4 is 33.4 Å². The van der Waals surface area contributed by atoms with Crippen LogP contribution in [-0.4, -0.2) is 20.9 Å². The second kappa shape index (κ2) is 6.32. The van der Waals surface area contributed by atoms with Gasteiger partial charge >= 0.3 is 0 Å². The average Bonchev–Trinajstić information content (AvgIpc) is 2.35. The van der Waals surface area contributed by atoms with E-state index in [0.29, 0.717) is 4.24 Å². The van der Waals surface area contributed by atoms with Gasteiger partial charge in [0.1, 0.15) is 6.07 Å². The van der Waals surface area contributed by atoms with Crippen LogP contribution in [0.25, 0.3) is 0 Å². The number of aryl methyl sites for hydroxylation is 1. The minimum atomic E-state index is -3.71. The lowest BCUT2D eigenvalue weighted by Gasteiger charge is -2.07. The Kier molecular flexibility index (Phi) is 5.32. The maximum Gasteiger partial charge on any atom is 0.218 e. The predicted molar refractivity (Wildman–Crippen MR) is 78.0 cm³/mol. The van der Waals surface area contributed by atoms with Crippen LogP contribution < -0.4 is 0 Å². The highest BCUT2D eigenvalue weighted by atomic mass is 32.2. The van der Waals surface area contributed by atoms with Gasteiger partial charge in [0.25, 0.3) is 0 Å². The molecule has 96 valence electrons. The fraction of sp³-hybridized carbons (Fsp3) is 0.250. The summed E-state index contributed by atoms with van der Waals surface area (Å²) in [6.07, 6.45) is 3.52. The Balaban J connectivity index is 3.42. The molecule has 0 radical (unpaired) electrons. The van der Waals surface area contributed by atoms with Gasteiger partial charge in [0.2, 0.25) is 9.84 Å². The molecule has 3 nitrogen and oxygen atoms in total. The van der Waals surface area contributed by atoms with Crippen LogP contribution >= 0.6 is 23.5 Å². The third kappa shape index (κ3) is 3.10. The van der Waals surface area contributed by atoms with Crippen molar-refractivity contribution in [3.63, 3.8) is 0 Å². The van der Waals surface area contributed by atoms with Crippen LogP contribution in [-0.2, 0) is 9.84 Å². The van der Waals surface area contributed by atoms with Gasteiger partial charge in [-0.25, -0.2) is 8.42 Å². The van der Waals surface area contributed by atoms with Crippen molar-refractivity contribution in [1.29, 1.82) is 5.26 Å². The van der Waals surface area contributed by atoms with Crippen molar-refractivity contribution in [2.24, 2.45) is 0 Å². The van der Waals surface area contributed by atoms with Crippen molar-refractivity contribution in [2.45, 2.75) is 11.8 Å². The molecular weight excluding hydrogens is 286 g/mol. The zero-order valence-electron chi connectivity index (χ0n) is 10.3. The van der Waals surface area contributed by atoms with Gasteiger partial charge in [-0.3, -0.25) is 0 Å². The minimum absolute atomic E-state index is 0.158. The number of hydrogen-bond donors (Lipinski definition) is 0. The first-order valence-corrected chi connectivity index (χ1v) is 8.94. The minimum Gasteiger partial charge on any atom is -0.218 e. The molecular formula is C12H13NO2S3. The van der Waals surface area contributed by atoms with Crippen molar-refractivity contribution in [2.75, 3.05) is 12.5 Å². The molecule has 0 unspecified atom stereocenters. The van der Waals surface area contributed by atoms with E-state index < -0.39 is 9.84 Å². The van der Waals surface area contributed by atoms with E-state index in [4.69, 9.17) is 5.26 Å². The molecule has 0 N–H and O–H groups in total. The van der Waals surface area contributed by atoms with E-state index in [1.54, 1.807) is 24.6 Å². The molecule has 0 atom stereocenters. The van der Waals surface area contributed by atoms with Crippen molar-refractivity contribution in [3.05, 3.63) is 39.0 Å². The summed E-state index contributed by atoms with van der Waals surface area (Å²) in [5, 5.41) is 9.10. The first-order chi connectivity index (χ1) is 8.47. The first-order valence-electron chi connectivity index (χ1n) is 5.01. The second-order valence-corrected chi connectivity index (χ2v) is 7.23. The summed E-state index contributed by atoms with van der Waals surface area (Å²) in [6, 6.07) is 8.31. The van der Waals surface area contributed by atoms with E-state index in [1.807, 2.05) is 13.0 Å². The molecule has 0 aliphatic heterocycles. The van der Waals surface area contributed by atoms with Gasteiger partial charge in [-0.15, -0.1) is 23.5 Å². The van der Waals surface area contributed by atoms with E-state index in [1.165, 1.54) is 35.7 Å². The summed E-state index contributed by atoms with van der Waals surface area (Å²) in [6.45, 7) is 1.88. The van der Waals surface area contributed by atoms with Crippen molar-refractivity contribution < 1.29 is 8.42 Å². The number of nitrogens with zero attached hydrogens (tertiary/aromatic N) is 1. The van der Waals surface area contributed by atoms with Gasteiger partial charge in [0.15, 0.2) is 4.91 Å². The Hall–Kier alpha value is -0.900. The molecule has 0 saturated heterocycles. The monoisotopic (exact) mass is 299 g/mol. The molecule has 18 heavy (non-hydrogen) atoms. The Morgan fingerprint density at radius 3 is 2.06 bits per heavy atom. The van der Waals surface area contributed by atoms with Crippen molar-refractivity contribution in [3.8, 4) is 6.07 Å². The number of rotatable bonds is 4. The smallest absolute Gasteiger partial charge is 0.218 e. The lowest BCUT2D eigenvalue weighted by atomic mass is 10.2. The number of hydrogen-bond acceptors (Lipinski definition) is 5. The van der Waals surface area contributed by atoms with Gasteiger partial charge in [-0.05, 0) is 31.6 Å². The van der Waals surface area contributed by atoms with Crippen LogP contribution in [0, 0.1) is 18.3 Å². The van der Waals surface area contributed by atoms with Crippen LogP contribution in [0.1, 0.15) is 5.56 Å². The fourth-order valence-corrected chi connectivity index (χ4v) is 4.68. The van der Waals surface area contributed by atoms with Gasteiger partial charge in [0.05, 0.1) is 9.13 Å². The quantitative estimate of drug-likeness (QED) is 0.799. The molecule has 1 aromatic rings. The second-order valence-electron chi connectivity index (χ2n) is 3.45. The average molecular weight is 299 g/mol. The predicted octanol–water partition coefficient (Wildman–Crippen LogP) is 3.19. The topological polar surface area (TPSA) is 57.9 Å². The van der Waals surface area contributed by atoms with E-state index in [9.17, 15) is 8.42 Å². The normalized spacial score (nSPS) is 10.8. The Bertz CT molecular complexity index is 589. The molecule has 0 spiro atoms. The standard InChI is InChI=1S/C12H13NO2S3/c1-9-4-6-10(7-5-9)18(14,15)11(8-13)12(16-2)17-3/h4-7H,1-3H3. The summed E-state index contributed by atoms with van der Waals surface area (Å²) in [5.74, 6) is 0. The third-order valence-corrected chi connectivity index (χ3v) is 6.39.